The molecule has 2 rings (SSSR count). The Labute approximate surface area is 112 Å². The number of hydrogen-bond donors (Lipinski definition) is 1. The van der Waals surface area contributed by atoms with Gasteiger partial charge in [0.05, 0.1) is 18.2 Å². The molecule has 2 heterocycles. The summed E-state index contributed by atoms with van der Waals surface area (Å²) < 4.78 is 48.2. The summed E-state index contributed by atoms with van der Waals surface area (Å²) in [4.78, 5) is 3.99. The Morgan fingerprint density at radius 1 is 1.35 bits per heavy atom. The predicted octanol–water partition coefficient (Wildman–Crippen LogP) is 2.40. The standard InChI is InChI=1S/C11H13F3N4O2/c1-10(2,5-19-3)9-16-8(20-18-9)7-6(4-15-17-7)11(12,13)14/h4H,5H2,1-3H3,(H,15,17). The van der Waals surface area contributed by atoms with Gasteiger partial charge >= 0.3 is 6.18 Å². The molecule has 1 N–H and O–H groups in total. The first kappa shape index (κ1) is 14.5. The van der Waals surface area contributed by atoms with E-state index < -0.39 is 17.2 Å². The molecule has 2 aromatic heterocycles. The molecule has 0 radical (unpaired) electrons. The molecule has 0 saturated carbocycles. The fourth-order valence-corrected chi connectivity index (χ4v) is 1.69. The molecule has 0 atom stereocenters. The molecule has 2 aromatic rings. The third-order valence-electron chi connectivity index (χ3n) is 2.70. The number of halogens is 3. The van der Waals surface area contributed by atoms with E-state index >= 15 is 0 Å². The van der Waals surface area contributed by atoms with Gasteiger partial charge in [-0.15, -0.1) is 0 Å². The molecular weight excluding hydrogens is 277 g/mol. The minimum Gasteiger partial charge on any atom is -0.384 e. The van der Waals surface area contributed by atoms with Crippen LogP contribution in [0.2, 0.25) is 0 Å². The Kier molecular flexibility index (Phi) is 3.55. The average molecular weight is 290 g/mol. The number of aromatic nitrogens is 4. The van der Waals surface area contributed by atoms with Gasteiger partial charge in [0.25, 0.3) is 5.89 Å². The van der Waals surface area contributed by atoms with E-state index in [-0.39, 0.29) is 17.4 Å². The van der Waals surface area contributed by atoms with Gasteiger partial charge in [0.2, 0.25) is 0 Å². The lowest BCUT2D eigenvalue weighted by Crippen LogP contribution is -2.25. The lowest BCUT2D eigenvalue weighted by molar-refractivity contribution is -0.137. The maximum atomic E-state index is 12.8. The zero-order chi connectivity index (χ0) is 15.0. The van der Waals surface area contributed by atoms with Crippen LogP contribution in [0.25, 0.3) is 11.6 Å². The first-order valence-corrected chi connectivity index (χ1v) is 5.70. The molecule has 0 aliphatic carbocycles. The molecule has 0 aliphatic rings. The summed E-state index contributed by atoms with van der Waals surface area (Å²) in [6.45, 7) is 3.90. The molecule has 6 nitrogen and oxygen atoms in total. The molecule has 0 fully saturated rings. The highest BCUT2D eigenvalue weighted by Gasteiger charge is 2.37. The van der Waals surface area contributed by atoms with Crippen molar-refractivity contribution in [3.05, 3.63) is 17.6 Å². The summed E-state index contributed by atoms with van der Waals surface area (Å²) in [5.41, 5.74) is -1.86. The number of aromatic amines is 1. The van der Waals surface area contributed by atoms with Crippen molar-refractivity contribution in [3.63, 3.8) is 0 Å². The fourth-order valence-electron chi connectivity index (χ4n) is 1.69. The molecule has 0 aromatic carbocycles. The summed E-state index contributed by atoms with van der Waals surface area (Å²) in [6.07, 6.45) is -3.86. The van der Waals surface area contributed by atoms with Crippen molar-refractivity contribution in [2.24, 2.45) is 0 Å². The van der Waals surface area contributed by atoms with Crippen LogP contribution in [0.5, 0.6) is 0 Å². The first-order chi connectivity index (χ1) is 9.25. The minimum absolute atomic E-state index is 0.256. The van der Waals surface area contributed by atoms with Crippen LogP contribution in [0.3, 0.4) is 0 Å². The zero-order valence-electron chi connectivity index (χ0n) is 11.1. The van der Waals surface area contributed by atoms with E-state index in [2.05, 4.69) is 20.3 Å². The number of rotatable bonds is 4. The van der Waals surface area contributed by atoms with Crippen molar-refractivity contribution >= 4 is 0 Å². The molecule has 110 valence electrons. The minimum atomic E-state index is -4.54. The van der Waals surface area contributed by atoms with Gasteiger partial charge in [-0.05, 0) is 0 Å². The second-order valence-electron chi connectivity index (χ2n) is 4.90. The van der Waals surface area contributed by atoms with Crippen molar-refractivity contribution in [2.45, 2.75) is 25.4 Å². The Morgan fingerprint density at radius 2 is 2.05 bits per heavy atom. The monoisotopic (exact) mass is 290 g/mol. The molecular formula is C11H13F3N4O2. The van der Waals surface area contributed by atoms with Gasteiger partial charge in [0, 0.05) is 7.11 Å². The summed E-state index contributed by atoms with van der Waals surface area (Å²) in [7, 11) is 1.51. The van der Waals surface area contributed by atoms with Crippen LogP contribution in [0.4, 0.5) is 13.2 Å². The number of nitrogens with one attached hydrogen (secondary N) is 1. The van der Waals surface area contributed by atoms with E-state index in [1.54, 1.807) is 13.8 Å². The van der Waals surface area contributed by atoms with E-state index in [0.717, 1.165) is 0 Å². The van der Waals surface area contributed by atoms with Crippen molar-refractivity contribution in [3.8, 4) is 11.6 Å². The molecule has 20 heavy (non-hydrogen) atoms. The third kappa shape index (κ3) is 2.67. The Morgan fingerprint density at radius 3 is 2.65 bits per heavy atom. The summed E-state index contributed by atoms with van der Waals surface area (Å²) >= 11 is 0. The smallest absolute Gasteiger partial charge is 0.384 e. The molecule has 0 spiro atoms. The highest BCUT2D eigenvalue weighted by atomic mass is 19.4. The van der Waals surface area contributed by atoms with Gasteiger partial charge in [-0.1, -0.05) is 19.0 Å². The van der Waals surface area contributed by atoms with E-state index in [1.165, 1.54) is 7.11 Å². The van der Waals surface area contributed by atoms with Gasteiger partial charge < -0.3 is 9.26 Å². The van der Waals surface area contributed by atoms with Crippen molar-refractivity contribution in [2.75, 3.05) is 13.7 Å². The maximum absolute atomic E-state index is 12.8. The van der Waals surface area contributed by atoms with E-state index in [0.29, 0.717) is 12.8 Å². The first-order valence-electron chi connectivity index (χ1n) is 5.70. The second-order valence-corrected chi connectivity index (χ2v) is 4.90. The van der Waals surface area contributed by atoms with Crippen molar-refractivity contribution < 1.29 is 22.4 Å². The number of H-pyrrole nitrogens is 1. The highest BCUT2D eigenvalue weighted by Crippen LogP contribution is 2.35. The van der Waals surface area contributed by atoms with Crippen LogP contribution in [-0.4, -0.2) is 34.1 Å². The number of nitrogens with zero attached hydrogens (tertiary/aromatic N) is 3. The largest absolute Gasteiger partial charge is 0.420 e. The van der Waals surface area contributed by atoms with E-state index in [1.807, 2.05) is 0 Å². The fraction of sp³-hybridized carbons (Fsp3) is 0.545. The molecule has 0 amide bonds. The van der Waals surface area contributed by atoms with Gasteiger partial charge in [-0.25, -0.2) is 0 Å². The van der Waals surface area contributed by atoms with E-state index in [4.69, 9.17) is 9.26 Å². The molecule has 0 bridgehead atoms. The predicted molar refractivity (Wildman–Crippen MR) is 61.8 cm³/mol. The van der Waals surface area contributed by atoms with Crippen LogP contribution in [0, 0.1) is 0 Å². The molecule has 9 heteroatoms. The van der Waals surface area contributed by atoms with Gasteiger partial charge in [-0.3, -0.25) is 5.10 Å². The summed E-state index contributed by atoms with van der Waals surface area (Å²) in [5.74, 6) is 0.00563. The summed E-state index contributed by atoms with van der Waals surface area (Å²) in [6, 6.07) is 0. The Balaban J connectivity index is 2.37. The van der Waals surface area contributed by atoms with Crippen LogP contribution in [0.15, 0.2) is 10.7 Å². The van der Waals surface area contributed by atoms with Crippen LogP contribution in [0.1, 0.15) is 25.2 Å². The number of methoxy groups -OCH3 is 1. The Hall–Kier alpha value is -1.90. The normalized spacial score (nSPS) is 12.9. The number of ether oxygens (including phenoxy) is 1. The number of alkyl halides is 3. The second kappa shape index (κ2) is 4.89. The molecule has 0 saturated heterocycles. The highest BCUT2D eigenvalue weighted by molar-refractivity contribution is 5.53. The quantitative estimate of drug-likeness (QED) is 0.935. The number of hydrogen-bond acceptors (Lipinski definition) is 5. The van der Waals surface area contributed by atoms with Crippen LogP contribution in [-0.2, 0) is 16.3 Å². The molecule has 0 aliphatic heterocycles. The SMILES string of the molecule is COCC(C)(C)c1noc(-c2[nH]ncc2C(F)(F)F)n1. The van der Waals surface area contributed by atoms with Gasteiger partial charge in [0.1, 0.15) is 11.3 Å². The van der Waals surface area contributed by atoms with Crippen LogP contribution < -0.4 is 0 Å². The lowest BCUT2D eigenvalue weighted by atomic mass is 9.94. The zero-order valence-corrected chi connectivity index (χ0v) is 11.1. The van der Waals surface area contributed by atoms with Crippen molar-refractivity contribution in [1.29, 1.82) is 0 Å². The Bertz CT molecular complexity index is 589. The lowest BCUT2D eigenvalue weighted by Gasteiger charge is -2.18. The molecule has 0 unspecified atom stereocenters. The summed E-state index contributed by atoms with van der Waals surface area (Å²) in [5, 5.41) is 9.31. The van der Waals surface area contributed by atoms with Gasteiger partial charge in [-0.2, -0.15) is 23.3 Å². The average Bonchev–Trinajstić information content (AvgIpc) is 2.97. The van der Waals surface area contributed by atoms with Crippen LogP contribution >= 0.6 is 0 Å². The third-order valence-corrected chi connectivity index (χ3v) is 2.70. The van der Waals surface area contributed by atoms with Gasteiger partial charge in [0.15, 0.2) is 5.82 Å². The van der Waals surface area contributed by atoms with Crippen molar-refractivity contribution in [1.82, 2.24) is 20.3 Å². The topological polar surface area (TPSA) is 76.8 Å². The van der Waals surface area contributed by atoms with E-state index in [9.17, 15) is 13.2 Å². The maximum Gasteiger partial charge on any atom is 0.420 e.